The first-order valence-electron chi connectivity index (χ1n) is 5.95. The van der Waals surface area contributed by atoms with Gasteiger partial charge in [-0.05, 0) is 54.8 Å². The van der Waals surface area contributed by atoms with Gasteiger partial charge in [0.1, 0.15) is 0 Å². The zero-order valence-corrected chi connectivity index (χ0v) is 13.5. The van der Waals surface area contributed by atoms with Gasteiger partial charge in [0.05, 0.1) is 5.02 Å². The lowest BCUT2D eigenvalue weighted by Crippen LogP contribution is -2.35. The third-order valence-electron chi connectivity index (χ3n) is 2.98. The SMILES string of the molecule is CN(C)CCN(C)C(CN)c1ccc(Br)c(Cl)c1. The van der Waals surface area contributed by atoms with Crippen molar-refractivity contribution in [1.82, 2.24) is 9.80 Å². The predicted octanol–water partition coefficient (Wildman–Crippen LogP) is 2.60. The number of hydrogen-bond acceptors (Lipinski definition) is 3. The van der Waals surface area contributed by atoms with Crippen molar-refractivity contribution in [3.8, 4) is 0 Å². The molecule has 1 atom stereocenters. The Morgan fingerprint density at radius 1 is 1.28 bits per heavy atom. The molecule has 0 aromatic heterocycles. The summed E-state index contributed by atoms with van der Waals surface area (Å²) in [5.41, 5.74) is 7.05. The van der Waals surface area contributed by atoms with Gasteiger partial charge in [0.2, 0.25) is 0 Å². The normalized spacial score (nSPS) is 13.3. The second-order valence-electron chi connectivity index (χ2n) is 4.71. The first kappa shape index (κ1) is 15.9. The molecule has 0 saturated heterocycles. The van der Waals surface area contributed by atoms with Crippen molar-refractivity contribution in [3.05, 3.63) is 33.3 Å². The average molecular weight is 335 g/mol. The number of halogens is 2. The Morgan fingerprint density at radius 2 is 1.94 bits per heavy atom. The summed E-state index contributed by atoms with van der Waals surface area (Å²) in [6.45, 7) is 2.57. The predicted molar refractivity (Wildman–Crippen MR) is 82.1 cm³/mol. The van der Waals surface area contributed by atoms with E-state index in [2.05, 4.69) is 52.9 Å². The molecule has 3 nitrogen and oxygen atoms in total. The molecule has 0 fully saturated rings. The number of nitrogens with zero attached hydrogens (tertiary/aromatic N) is 2. The van der Waals surface area contributed by atoms with Gasteiger partial charge in [-0.1, -0.05) is 17.7 Å². The highest BCUT2D eigenvalue weighted by atomic mass is 79.9. The molecule has 1 rings (SSSR count). The van der Waals surface area contributed by atoms with Crippen LogP contribution >= 0.6 is 27.5 Å². The van der Waals surface area contributed by atoms with Crippen LogP contribution in [0.4, 0.5) is 0 Å². The maximum atomic E-state index is 6.13. The lowest BCUT2D eigenvalue weighted by molar-refractivity contribution is 0.223. The van der Waals surface area contributed by atoms with Gasteiger partial charge in [-0.25, -0.2) is 0 Å². The third kappa shape index (κ3) is 4.52. The molecule has 0 bridgehead atoms. The first-order chi connectivity index (χ1) is 8.45. The minimum atomic E-state index is 0.204. The highest BCUT2D eigenvalue weighted by Gasteiger charge is 2.16. The van der Waals surface area contributed by atoms with Crippen LogP contribution in [0.25, 0.3) is 0 Å². The molecule has 0 radical (unpaired) electrons. The van der Waals surface area contributed by atoms with Crippen LogP contribution in [0.2, 0.25) is 5.02 Å². The fourth-order valence-electron chi connectivity index (χ4n) is 1.80. The lowest BCUT2D eigenvalue weighted by atomic mass is 10.1. The van der Waals surface area contributed by atoms with Gasteiger partial charge in [-0.15, -0.1) is 0 Å². The number of nitrogens with two attached hydrogens (primary N) is 1. The average Bonchev–Trinajstić information content (AvgIpc) is 2.32. The summed E-state index contributed by atoms with van der Waals surface area (Å²) in [5, 5.41) is 0.729. The molecule has 0 heterocycles. The Kier molecular flexibility index (Phi) is 6.60. The van der Waals surface area contributed by atoms with E-state index in [1.165, 1.54) is 0 Å². The third-order valence-corrected chi connectivity index (χ3v) is 4.22. The van der Waals surface area contributed by atoms with Crippen LogP contribution in [-0.4, -0.2) is 50.6 Å². The number of rotatable bonds is 6. The van der Waals surface area contributed by atoms with Crippen molar-refractivity contribution < 1.29 is 0 Å². The molecule has 0 spiro atoms. The van der Waals surface area contributed by atoms with Crippen molar-refractivity contribution in [3.63, 3.8) is 0 Å². The van der Waals surface area contributed by atoms with Crippen LogP contribution in [0, 0.1) is 0 Å². The van der Waals surface area contributed by atoms with E-state index < -0.39 is 0 Å². The van der Waals surface area contributed by atoms with Gasteiger partial charge in [0.15, 0.2) is 0 Å². The summed E-state index contributed by atoms with van der Waals surface area (Å²) >= 11 is 9.54. The topological polar surface area (TPSA) is 32.5 Å². The van der Waals surface area contributed by atoms with E-state index in [4.69, 9.17) is 17.3 Å². The molecule has 1 aromatic rings. The number of hydrogen-bond donors (Lipinski definition) is 1. The first-order valence-corrected chi connectivity index (χ1v) is 7.12. The molecule has 0 amide bonds. The molecule has 2 N–H and O–H groups in total. The molecule has 0 saturated carbocycles. The zero-order chi connectivity index (χ0) is 13.7. The highest BCUT2D eigenvalue weighted by Crippen LogP contribution is 2.27. The van der Waals surface area contributed by atoms with Crippen molar-refractivity contribution in [2.75, 3.05) is 40.8 Å². The Hall–Kier alpha value is -0.130. The molecular formula is C13H21BrClN3. The fourth-order valence-corrected chi connectivity index (χ4v) is 2.24. The van der Waals surface area contributed by atoms with Crippen molar-refractivity contribution >= 4 is 27.5 Å². The fraction of sp³-hybridized carbons (Fsp3) is 0.538. The molecule has 0 aliphatic rings. The molecule has 5 heteroatoms. The molecule has 0 aliphatic carbocycles. The standard InChI is InChI=1S/C13H21BrClN3/c1-17(2)6-7-18(3)13(9-16)10-4-5-11(14)12(15)8-10/h4-5,8,13H,6-7,9,16H2,1-3H3. The Balaban J connectivity index is 2.78. The van der Waals surface area contributed by atoms with E-state index in [0.717, 1.165) is 28.1 Å². The van der Waals surface area contributed by atoms with E-state index in [1.54, 1.807) is 0 Å². The van der Waals surface area contributed by atoms with Crippen LogP contribution in [0.1, 0.15) is 11.6 Å². The van der Waals surface area contributed by atoms with Gasteiger partial charge >= 0.3 is 0 Å². The molecule has 0 aliphatic heterocycles. The van der Waals surface area contributed by atoms with E-state index in [0.29, 0.717) is 6.54 Å². The molecule has 102 valence electrons. The minimum Gasteiger partial charge on any atom is -0.329 e. The Morgan fingerprint density at radius 3 is 2.44 bits per heavy atom. The van der Waals surface area contributed by atoms with Gasteiger partial charge in [-0.2, -0.15) is 0 Å². The molecule has 18 heavy (non-hydrogen) atoms. The second-order valence-corrected chi connectivity index (χ2v) is 5.97. The molecule has 1 aromatic carbocycles. The van der Waals surface area contributed by atoms with Crippen LogP contribution in [0.5, 0.6) is 0 Å². The second kappa shape index (κ2) is 7.46. The van der Waals surface area contributed by atoms with Crippen LogP contribution < -0.4 is 5.73 Å². The molecule has 1 unspecified atom stereocenters. The van der Waals surface area contributed by atoms with Crippen LogP contribution in [-0.2, 0) is 0 Å². The highest BCUT2D eigenvalue weighted by molar-refractivity contribution is 9.10. The Bertz CT molecular complexity index is 384. The summed E-state index contributed by atoms with van der Waals surface area (Å²) in [6.07, 6.45) is 0. The lowest BCUT2D eigenvalue weighted by Gasteiger charge is -2.28. The van der Waals surface area contributed by atoms with Gasteiger partial charge in [-0.3, -0.25) is 4.90 Å². The smallest absolute Gasteiger partial charge is 0.0551 e. The summed E-state index contributed by atoms with van der Waals surface area (Å²) in [4.78, 5) is 4.43. The van der Waals surface area contributed by atoms with Crippen molar-refractivity contribution in [1.29, 1.82) is 0 Å². The number of benzene rings is 1. The van der Waals surface area contributed by atoms with E-state index in [9.17, 15) is 0 Å². The monoisotopic (exact) mass is 333 g/mol. The van der Waals surface area contributed by atoms with E-state index >= 15 is 0 Å². The number of likely N-dealkylation sites (N-methyl/N-ethyl adjacent to an activating group) is 2. The van der Waals surface area contributed by atoms with E-state index in [-0.39, 0.29) is 6.04 Å². The van der Waals surface area contributed by atoms with E-state index in [1.807, 2.05) is 12.1 Å². The summed E-state index contributed by atoms with van der Waals surface area (Å²) in [7, 11) is 6.24. The summed E-state index contributed by atoms with van der Waals surface area (Å²) in [6, 6.07) is 6.23. The van der Waals surface area contributed by atoms with Crippen LogP contribution in [0.15, 0.2) is 22.7 Å². The maximum absolute atomic E-state index is 6.13. The van der Waals surface area contributed by atoms with Gasteiger partial charge in [0.25, 0.3) is 0 Å². The summed E-state index contributed by atoms with van der Waals surface area (Å²) < 4.78 is 0.916. The Labute approximate surface area is 123 Å². The quantitative estimate of drug-likeness (QED) is 0.868. The van der Waals surface area contributed by atoms with Crippen molar-refractivity contribution in [2.45, 2.75) is 6.04 Å². The van der Waals surface area contributed by atoms with Crippen LogP contribution in [0.3, 0.4) is 0 Å². The van der Waals surface area contributed by atoms with Crippen molar-refractivity contribution in [2.24, 2.45) is 5.73 Å². The summed E-state index contributed by atoms with van der Waals surface area (Å²) in [5.74, 6) is 0. The molecular weight excluding hydrogens is 314 g/mol. The van der Waals surface area contributed by atoms with Gasteiger partial charge < -0.3 is 10.6 Å². The largest absolute Gasteiger partial charge is 0.329 e. The maximum Gasteiger partial charge on any atom is 0.0551 e. The zero-order valence-electron chi connectivity index (χ0n) is 11.2. The van der Waals surface area contributed by atoms with Gasteiger partial charge in [0, 0.05) is 30.1 Å². The minimum absolute atomic E-state index is 0.204.